The molecule has 1 amide bonds. The SMILES string of the molecule is CC(C)NC(=O)C[C@@H]1CC2(CCN(Cc3ccco3)CC2)c2ccccc21. The predicted molar refractivity (Wildman–Crippen MR) is 107 cm³/mol. The normalized spacial score (nSPS) is 21.5. The molecule has 4 heteroatoms. The van der Waals surface area contributed by atoms with Crippen molar-refractivity contribution in [3.05, 3.63) is 59.5 Å². The number of amides is 1. The van der Waals surface area contributed by atoms with Crippen molar-refractivity contribution in [2.75, 3.05) is 13.1 Å². The van der Waals surface area contributed by atoms with Crippen molar-refractivity contribution in [2.24, 2.45) is 0 Å². The van der Waals surface area contributed by atoms with Gasteiger partial charge in [-0.2, -0.15) is 0 Å². The molecular formula is C23H30N2O2. The lowest BCUT2D eigenvalue weighted by atomic mass is 9.73. The Bertz CT molecular complexity index is 773. The highest BCUT2D eigenvalue weighted by Crippen LogP contribution is 2.52. The Labute approximate surface area is 161 Å². The van der Waals surface area contributed by atoms with Crippen LogP contribution in [0.5, 0.6) is 0 Å². The Hall–Kier alpha value is -2.07. The molecule has 27 heavy (non-hydrogen) atoms. The summed E-state index contributed by atoms with van der Waals surface area (Å²) >= 11 is 0. The lowest BCUT2D eigenvalue weighted by Gasteiger charge is -2.40. The molecule has 0 bridgehead atoms. The minimum absolute atomic E-state index is 0.178. The molecule has 1 saturated heterocycles. The molecule has 1 aromatic carbocycles. The fourth-order valence-electron chi connectivity index (χ4n) is 5.05. The van der Waals surface area contributed by atoms with Crippen LogP contribution in [0.3, 0.4) is 0 Å². The molecule has 1 aliphatic heterocycles. The van der Waals surface area contributed by atoms with Gasteiger partial charge in [0.15, 0.2) is 0 Å². The summed E-state index contributed by atoms with van der Waals surface area (Å²) in [4.78, 5) is 14.9. The largest absolute Gasteiger partial charge is 0.468 e. The summed E-state index contributed by atoms with van der Waals surface area (Å²) in [7, 11) is 0. The zero-order valence-electron chi connectivity index (χ0n) is 16.4. The fourth-order valence-corrected chi connectivity index (χ4v) is 5.05. The topological polar surface area (TPSA) is 45.5 Å². The third kappa shape index (κ3) is 3.81. The van der Waals surface area contributed by atoms with Crippen molar-refractivity contribution in [2.45, 2.75) is 63.5 Å². The maximum absolute atomic E-state index is 12.4. The zero-order valence-corrected chi connectivity index (χ0v) is 16.4. The molecule has 1 fully saturated rings. The molecule has 2 aromatic rings. The third-order valence-corrected chi connectivity index (χ3v) is 6.26. The van der Waals surface area contributed by atoms with Crippen LogP contribution in [0.25, 0.3) is 0 Å². The number of carbonyl (C=O) groups is 1. The van der Waals surface area contributed by atoms with E-state index in [0.29, 0.717) is 12.3 Å². The monoisotopic (exact) mass is 366 g/mol. The second-order valence-electron chi connectivity index (χ2n) is 8.55. The van der Waals surface area contributed by atoms with Crippen LogP contribution in [0.15, 0.2) is 47.1 Å². The lowest BCUT2D eigenvalue weighted by Crippen LogP contribution is -2.41. The minimum Gasteiger partial charge on any atom is -0.468 e. The number of hydrogen-bond acceptors (Lipinski definition) is 3. The second-order valence-corrected chi connectivity index (χ2v) is 8.55. The predicted octanol–water partition coefficient (Wildman–Crippen LogP) is 4.22. The van der Waals surface area contributed by atoms with Gasteiger partial charge in [-0.25, -0.2) is 0 Å². The van der Waals surface area contributed by atoms with Crippen molar-refractivity contribution in [3.8, 4) is 0 Å². The van der Waals surface area contributed by atoms with Gasteiger partial charge in [-0.3, -0.25) is 9.69 Å². The zero-order chi connectivity index (χ0) is 18.9. The van der Waals surface area contributed by atoms with E-state index in [9.17, 15) is 4.79 Å². The van der Waals surface area contributed by atoms with Crippen molar-refractivity contribution >= 4 is 5.91 Å². The van der Waals surface area contributed by atoms with Gasteiger partial charge in [0.2, 0.25) is 5.91 Å². The summed E-state index contributed by atoms with van der Waals surface area (Å²) in [5, 5.41) is 3.07. The van der Waals surface area contributed by atoms with E-state index in [4.69, 9.17) is 4.42 Å². The lowest BCUT2D eigenvalue weighted by molar-refractivity contribution is -0.122. The van der Waals surface area contributed by atoms with Crippen LogP contribution in [-0.2, 0) is 16.8 Å². The summed E-state index contributed by atoms with van der Waals surface area (Å²) in [6.45, 7) is 7.11. The third-order valence-electron chi connectivity index (χ3n) is 6.26. The highest BCUT2D eigenvalue weighted by molar-refractivity contribution is 5.77. The van der Waals surface area contributed by atoms with Crippen molar-refractivity contribution < 1.29 is 9.21 Å². The van der Waals surface area contributed by atoms with Gasteiger partial charge in [-0.15, -0.1) is 0 Å². The minimum atomic E-state index is 0.178. The number of carbonyl (C=O) groups excluding carboxylic acids is 1. The molecular weight excluding hydrogens is 336 g/mol. The molecule has 4 rings (SSSR count). The molecule has 1 aliphatic carbocycles. The van der Waals surface area contributed by atoms with Crippen LogP contribution in [0.1, 0.15) is 62.3 Å². The smallest absolute Gasteiger partial charge is 0.220 e. The summed E-state index contributed by atoms with van der Waals surface area (Å²) in [6, 6.07) is 13.0. The van der Waals surface area contributed by atoms with Crippen molar-refractivity contribution in [3.63, 3.8) is 0 Å². The number of furan rings is 1. The van der Waals surface area contributed by atoms with E-state index in [1.54, 1.807) is 6.26 Å². The van der Waals surface area contributed by atoms with E-state index in [0.717, 1.165) is 44.7 Å². The molecule has 0 unspecified atom stereocenters. The first-order valence-corrected chi connectivity index (χ1v) is 10.2. The van der Waals surface area contributed by atoms with E-state index in [1.165, 1.54) is 11.1 Å². The van der Waals surface area contributed by atoms with Gasteiger partial charge < -0.3 is 9.73 Å². The number of fused-ring (bicyclic) bond motifs is 2. The maximum Gasteiger partial charge on any atom is 0.220 e. The van der Waals surface area contributed by atoms with Gasteiger partial charge in [0, 0.05) is 12.5 Å². The second kappa shape index (κ2) is 7.51. The van der Waals surface area contributed by atoms with Crippen LogP contribution < -0.4 is 5.32 Å². The standard InChI is InChI=1S/C23H30N2O2/c1-17(2)24-22(26)14-18-15-23(21-8-4-3-7-20(18)21)9-11-25(12-10-23)16-19-6-5-13-27-19/h3-8,13,17-18H,9-12,14-16H2,1-2H3,(H,24,26)/t18-/m1/s1. The van der Waals surface area contributed by atoms with Gasteiger partial charge in [-0.1, -0.05) is 24.3 Å². The quantitative estimate of drug-likeness (QED) is 0.862. The number of hydrogen-bond donors (Lipinski definition) is 1. The van der Waals surface area contributed by atoms with Crippen LogP contribution in [0.2, 0.25) is 0 Å². The Kier molecular flexibility index (Phi) is 5.09. The van der Waals surface area contributed by atoms with Crippen LogP contribution in [-0.4, -0.2) is 29.9 Å². The molecule has 1 spiro atoms. The Balaban J connectivity index is 1.46. The molecule has 1 N–H and O–H groups in total. The summed E-state index contributed by atoms with van der Waals surface area (Å²) < 4.78 is 5.52. The van der Waals surface area contributed by atoms with Gasteiger partial charge in [0.1, 0.15) is 5.76 Å². The molecule has 0 saturated carbocycles. The Morgan fingerprint density at radius 1 is 1.22 bits per heavy atom. The maximum atomic E-state index is 12.4. The van der Waals surface area contributed by atoms with E-state index < -0.39 is 0 Å². The average molecular weight is 367 g/mol. The first-order valence-electron chi connectivity index (χ1n) is 10.2. The molecule has 4 nitrogen and oxygen atoms in total. The highest BCUT2D eigenvalue weighted by atomic mass is 16.3. The Morgan fingerprint density at radius 2 is 2.00 bits per heavy atom. The van der Waals surface area contributed by atoms with Gasteiger partial charge in [0.05, 0.1) is 12.8 Å². The van der Waals surface area contributed by atoms with Crippen LogP contribution in [0, 0.1) is 0 Å². The molecule has 2 heterocycles. The van der Waals surface area contributed by atoms with Crippen molar-refractivity contribution in [1.82, 2.24) is 10.2 Å². The van der Waals surface area contributed by atoms with Crippen LogP contribution >= 0.6 is 0 Å². The molecule has 1 aromatic heterocycles. The van der Waals surface area contributed by atoms with Crippen molar-refractivity contribution in [1.29, 1.82) is 0 Å². The number of rotatable bonds is 5. The molecule has 1 atom stereocenters. The van der Waals surface area contributed by atoms with E-state index >= 15 is 0 Å². The van der Waals surface area contributed by atoms with E-state index in [-0.39, 0.29) is 17.4 Å². The number of nitrogens with one attached hydrogen (secondary N) is 1. The fraction of sp³-hybridized carbons (Fsp3) is 0.522. The number of nitrogens with zero attached hydrogens (tertiary/aromatic N) is 1. The van der Waals surface area contributed by atoms with E-state index in [1.807, 2.05) is 19.9 Å². The van der Waals surface area contributed by atoms with Gasteiger partial charge >= 0.3 is 0 Å². The first kappa shape index (κ1) is 18.3. The number of piperidine rings is 1. The van der Waals surface area contributed by atoms with Crippen LogP contribution in [0.4, 0.5) is 0 Å². The molecule has 144 valence electrons. The summed E-state index contributed by atoms with van der Waals surface area (Å²) in [5.74, 6) is 1.56. The number of benzene rings is 1. The van der Waals surface area contributed by atoms with Gasteiger partial charge in [-0.05, 0) is 80.8 Å². The van der Waals surface area contributed by atoms with Gasteiger partial charge in [0.25, 0.3) is 0 Å². The summed E-state index contributed by atoms with van der Waals surface area (Å²) in [5.41, 5.74) is 3.12. The molecule has 0 radical (unpaired) electrons. The van der Waals surface area contributed by atoms with E-state index in [2.05, 4.69) is 40.5 Å². The summed E-state index contributed by atoms with van der Waals surface area (Å²) in [6.07, 6.45) is 5.78. The highest BCUT2D eigenvalue weighted by Gasteiger charge is 2.45. The molecule has 2 aliphatic rings. The Morgan fingerprint density at radius 3 is 2.70 bits per heavy atom. The first-order chi connectivity index (χ1) is 13.1. The number of likely N-dealkylation sites (tertiary alicyclic amines) is 1. The average Bonchev–Trinajstić information content (AvgIpc) is 3.24.